The molecule has 4 rings (SSSR count). The lowest BCUT2D eigenvalue weighted by Crippen LogP contribution is -2.66. The van der Waals surface area contributed by atoms with Gasteiger partial charge in [-0.25, -0.2) is 4.79 Å². The maximum atomic E-state index is 13.0. The first-order chi connectivity index (χ1) is 16.3. The van der Waals surface area contributed by atoms with Gasteiger partial charge in [0.05, 0.1) is 13.1 Å². The van der Waals surface area contributed by atoms with E-state index in [-0.39, 0.29) is 31.3 Å². The van der Waals surface area contributed by atoms with Crippen molar-refractivity contribution in [3.63, 3.8) is 0 Å². The smallest absolute Gasteiger partial charge is 0.407 e. The number of amides is 2. The number of ether oxygens (including phenoxy) is 2. The molecule has 2 amide bonds. The number of aliphatic carboxylic acids is 1. The van der Waals surface area contributed by atoms with Gasteiger partial charge < -0.3 is 24.8 Å². The fourth-order valence-electron chi connectivity index (χ4n) is 4.88. The minimum absolute atomic E-state index is 0.0137. The summed E-state index contributed by atoms with van der Waals surface area (Å²) in [4.78, 5) is 38.3. The van der Waals surface area contributed by atoms with Crippen molar-refractivity contribution < 1.29 is 29.0 Å². The molecule has 0 bridgehead atoms. The first kappa shape index (κ1) is 23.8. The molecule has 1 aliphatic heterocycles. The van der Waals surface area contributed by atoms with Gasteiger partial charge in [0.15, 0.2) is 0 Å². The number of alkyl carbamates (subject to hydrolysis) is 1. The number of carboxylic acids is 1. The number of benzene rings is 2. The molecular formula is C26H30N2O6. The Morgan fingerprint density at radius 1 is 1.09 bits per heavy atom. The van der Waals surface area contributed by atoms with Crippen LogP contribution in [0.2, 0.25) is 0 Å². The average molecular weight is 467 g/mol. The summed E-state index contributed by atoms with van der Waals surface area (Å²) in [6.07, 6.45) is -0.990. The van der Waals surface area contributed by atoms with E-state index in [0.29, 0.717) is 19.7 Å². The van der Waals surface area contributed by atoms with Crippen LogP contribution in [0.1, 0.15) is 43.7 Å². The van der Waals surface area contributed by atoms with E-state index in [4.69, 9.17) is 14.6 Å². The van der Waals surface area contributed by atoms with Gasteiger partial charge in [0, 0.05) is 18.9 Å². The highest BCUT2D eigenvalue weighted by Gasteiger charge is 2.44. The van der Waals surface area contributed by atoms with Gasteiger partial charge in [-0.05, 0) is 42.5 Å². The molecule has 0 aromatic heterocycles. The van der Waals surface area contributed by atoms with E-state index >= 15 is 0 Å². The number of hydrogen-bond donors (Lipinski definition) is 2. The largest absolute Gasteiger partial charge is 0.481 e. The second-order valence-electron chi connectivity index (χ2n) is 9.03. The monoisotopic (exact) mass is 466 g/mol. The SMILES string of the molecule is CCOC1(C)CN(C(=O)C(CCC(=O)O)NC(=O)OCC2c3ccccc3-c3ccccc32)C1. The van der Waals surface area contributed by atoms with E-state index < -0.39 is 23.7 Å². The number of carbonyl (C=O) groups is 3. The molecule has 0 saturated carbocycles. The molecule has 1 unspecified atom stereocenters. The first-order valence-corrected chi connectivity index (χ1v) is 11.6. The van der Waals surface area contributed by atoms with Gasteiger partial charge in [-0.1, -0.05) is 48.5 Å². The Kier molecular flexibility index (Phi) is 6.88. The number of fused-ring (bicyclic) bond motifs is 3. The van der Waals surface area contributed by atoms with Crippen molar-refractivity contribution in [1.82, 2.24) is 10.2 Å². The molecule has 2 aromatic carbocycles. The molecule has 1 aliphatic carbocycles. The lowest BCUT2D eigenvalue weighted by molar-refractivity contribution is -0.165. The molecule has 0 spiro atoms. The zero-order valence-electron chi connectivity index (χ0n) is 19.5. The third-order valence-electron chi connectivity index (χ3n) is 6.44. The Bertz CT molecular complexity index is 1030. The van der Waals surface area contributed by atoms with E-state index in [1.54, 1.807) is 4.90 Å². The molecule has 8 heteroatoms. The third-order valence-corrected chi connectivity index (χ3v) is 6.44. The standard InChI is InChI=1S/C26H30N2O6/c1-3-34-26(2)15-28(16-26)24(31)22(12-13-23(29)30)27-25(32)33-14-21-19-10-6-4-8-17(19)18-9-5-7-11-20(18)21/h4-11,21-22H,3,12-16H2,1-2H3,(H,27,32)(H,29,30). The normalized spacial score (nSPS) is 16.7. The zero-order chi connectivity index (χ0) is 24.3. The van der Waals surface area contributed by atoms with Gasteiger partial charge in [0.25, 0.3) is 0 Å². The van der Waals surface area contributed by atoms with Crippen molar-refractivity contribution in [2.45, 2.75) is 44.2 Å². The number of nitrogens with zero attached hydrogens (tertiary/aromatic N) is 1. The predicted octanol–water partition coefficient (Wildman–Crippen LogP) is 3.40. The molecule has 2 aliphatic rings. The Morgan fingerprint density at radius 3 is 2.24 bits per heavy atom. The van der Waals surface area contributed by atoms with Crippen LogP contribution in [-0.4, -0.2) is 65.9 Å². The minimum atomic E-state index is -1.03. The molecule has 1 heterocycles. The Hall–Kier alpha value is -3.39. The number of likely N-dealkylation sites (tertiary alicyclic amines) is 1. The van der Waals surface area contributed by atoms with Crippen molar-refractivity contribution in [2.24, 2.45) is 0 Å². The lowest BCUT2D eigenvalue weighted by Gasteiger charge is -2.48. The summed E-state index contributed by atoms with van der Waals surface area (Å²) in [7, 11) is 0. The second kappa shape index (κ2) is 9.85. The molecule has 0 radical (unpaired) electrons. The fraction of sp³-hybridized carbons (Fsp3) is 0.423. The van der Waals surface area contributed by atoms with Crippen LogP contribution in [0.3, 0.4) is 0 Å². The predicted molar refractivity (Wildman–Crippen MR) is 125 cm³/mol. The second-order valence-corrected chi connectivity index (χ2v) is 9.03. The summed E-state index contributed by atoms with van der Waals surface area (Å²) in [5, 5.41) is 11.7. The van der Waals surface area contributed by atoms with E-state index in [2.05, 4.69) is 17.4 Å². The third kappa shape index (κ3) is 4.92. The van der Waals surface area contributed by atoms with E-state index in [0.717, 1.165) is 22.3 Å². The average Bonchev–Trinajstić information content (AvgIpc) is 3.12. The van der Waals surface area contributed by atoms with Crippen molar-refractivity contribution >= 4 is 18.0 Å². The van der Waals surface area contributed by atoms with Crippen LogP contribution in [0.5, 0.6) is 0 Å². The van der Waals surface area contributed by atoms with Crippen LogP contribution in [0.15, 0.2) is 48.5 Å². The number of carboxylic acid groups (broad SMARTS) is 1. The Labute approximate surface area is 198 Å². The number of rotatable bonds is 9. The summed E-state index contributed by atoms with van der Waals surface area (Å²) in [5.74, 6) is -1.46. The minimum Gasteiger partial charge on any atom is -0.481 e. The van der Waals surface area contributed by atoms with Crippen LogP contribution < -0.4 is 5.32 Å². The summed E-state index contributed by atoms with van der Waals surface area (Å²) in [6.45, 7) is 5.27. The molecule has 1 atom stereocenters. The first-order valence-electron chi connectivity index (χ1n) is 11.6. The van der Waals surface area contributed by atoms with Crippen molar-refractivity contribution in [1.29, 1.82) is 0 Å². The summed E-state index contributed by atoms with van der Waals surface area (Å²) < 4.78 is 11.2. The zero-order valence-corrected chi connectivity index (χ0v) is 19.5. The van der Waals surface area contributed by atoms with E-state index in [1.807, 2.05) is 50.2 Å². The molecular weight excluding hydrogens is 436 g/mol. The van der Waals surface area contributed by atoms with Crippen LogP contribution in [0, 0.1) is 0 Å². The molecule has 34 heavy (non-hydrogen) atoms. The molecule has 1 fully saturated rings. The van der Waals surface area contributed by atoms with Crippen LogP contribution in [0.4, 0.5) is 4.79 Å². The number of hydrogen-bond acceptors (Lipinski definition) is 5. The van der Waals surface area contributed by atoms with Crippen LogP contribution in [-0.2, 0) is 19.1 Å². The van der Waals surface area contributed by atoms with Crippen molar-refractivity contribution in [2.75, 3.05) is 26.3 Å². The van der Waals surface area contributed by atoms with Crippen LogP contribution >= 0.6 is 0 Å². The van der Waals surface area contributed by atoms with Gasteiger partial charge in [-0.15, -0.1) is 0 Å². The molecule has 2 aromatic rings. The Balaban J connectivity index is 1.39. The highest BCUT2D eigenvalue weighted by atomic mass is 16.5. The van der Waals surface area contributed by atoms with Gasteiger partial charge in [0.2, 0.25) is 5.91 Å². The topological polar surface area (TPSA) is 105 Å². The highest BCUT2D eigenvalue weighted by molar-refractivity contribution is 5.87. The summed E-state index contributed by atoms with van der Waals surface area (Å²) >= 11 is 0. The summed E-state index contributed by atoms with van der Waals surface area (Å²) in [5.41, 5.74) is 4.01. The van der Waals surface area contributed by atoms with Gasteiger partial charge >= 0.3 is 12.1 Å². The molecule has 1 saturated heterocycles. The number of nitrogens with one attached hydrogen (secondary N) is 1. The van der Waals surface area contributed by atoms with Gasteiger partial charge in [-0.3, -0.25) is 9.59 Å². The fourth-order valence-corrected chi connectivity index (χ4v) is 4.88. The van der Waals surface area contributed by atoms with Crippen molar-refractivity contribution in [3.8, 4) is 11.1 Å². The summed E-state index contributed by atoms with van der Waals surface area (Å²) in [6, 6.07) is 15.1. The number of carbonyl (C=O) groups excluding carboxylic acids is 2. The Morgan fingerprint density at radius 2 is 1.68 bits per heavy atom. The lowest BCUT2D eigenvalue weighted by atomic mass is 9.94. The molecule has 2 N–H and O–H groups in total. The quantitative estimate of drug-likeness (QED) is 0.587. The van der Waals surface area contributed by atoms with Gasteiger partial charge in [-0.2, -0.15) is 0 Å². The van der Waals surface area contributed by atoms with Crippen molar-refractivity contribution in [3.05, 3.63) is 59.7 Å². The molecule has 180 valence electrons. The highest BCUT2D eigenvalue weighted by Crippen LogP contribution is 2.44. The molecule has 8 nitrogen and oxygen atoms in total. The van der Waals surface area contributed by atoms with Crippen LogP contribution in [0.25, 0.3) is 11.1 Å². The maximum Gasteiger partial charge on any atom is 0.407 e. The maximum absolute atomic E-state index is 13.0. The van der Waals surface area contributed by atoms with E-state index in [1.165, 1.54) is 0 Å². The van der Waals surface area contributed by atoms with Gasteiger partial charge in [0.1, 0.15) is 18.2 Å². The van der Waals surface area contributed by atoms with E-state index in [9.17, 15) is 14.4 Å².